The molecule has 0 aromatic heterocycles. The number of nitrogens with one attached hydrogen (secondary N) is 2. The summed E-state index contributed by atoms with van der Waals surface area (Å²) < 4.78 is 5.85. The van der Waals surface area contributed by atoms with Gasteiger partial charge in [-0.05, 0) is 84.7 Å². The molecule has 1 heterocycles. The van der Waals surface area contributed by atoms with Crippen LogP contribution >= 0.6 is 15.9 Å². The smallest absolute Gasteiger partial charge is 0.338 e. The first kappa shape index (κ1) is 26.9. The van der Waals surface area contributed by atoms with E-state index in [0.29, 0.717) is 11.3 Å². The molecule has 41 heavy (non-hydrogen) atoms. The number of rotatable bonds is 6. The van der Waals surface area contributed by atoms with Crippen molar-refractivity contribution in [1.82, 2.24) is 10.9 Å². The molecule has 6 rings (SSSR count). The molecule has 1 saturated heterocycles. The van der Waals surface area contributed by atoms with Gasteiger partial charge in [-0.15, -0.1) is 0 Å². The van der Waals surface area contributed by atoms with Crippen LogP contribution in [-0.4, -0.2) is 36.2 Å². The summed E-state index contributed by atoms with van der Waals surface area (Å²) in [6.45, 7) is -0.612. The van der Waals surface area contributed by atoms with Crippen molar-refractivity contribution in [3.05, 3.63) is 100 Å². The summed E-state index contributed by atoms with van der Waals surface area (Å²) in [5, 5.41) is 0. The molecule has 4 amide bonds. The highest BCUT2D eigenvalue weighted by molar-refractivity contribution is 9.10. The Morgan fingerprint density at radius 3 is 2.17 bits per heavy atom. The van der Waals surface area contributed by atoms with Crippen LogP contribution in [0.4, 0.5) is 5.69 Å². The van der Waals surface area contributed by atoms with Crippen LogP contribution in [0.1, 0.15) is 45.0 Å². The lowest BCUT2D eigenvalue weighted by Crippen LogP contribution is -2.43. The van der Waals surface area contributed by atoms with E-state index < -0.39 is 24.4 Å². The van der Waals surface area contributed by atoms with Gasteiger partial charge in [-0.3, -0.25) is 34.9 Å². The van der Waals surface area contributed by atoms with Crippen LogP contribution in [0, 0.1) is 23.7 Å². The number of benzene rings is 3. The van der Waals surface area contributed by atoms with Crippen molar-refractivity contribution >= 4 is 51.2 Å². The summed E-state index contributed by atoms with van der Waals surface area (Å²) in [5.74, 6) is -2.34. The van der Waals surface area contributed by atoms with Gasteiger partial charge in [0.15, 0.2) is 6.61 Å². The van der Waals surface area contributed by atoms with Crippen molar-refractivity contribution in [2.75, 3.05) is 11.5 Å². The van der Waals surface area contributed by atoms with Crippen LogP contribution in [0.25, 0.3) is 0 Å². The molecule has 0 spiro atoms. The third kappa shape index (κ3) is 5.04. The number of carbonyl (C=O) groups excluding carboxylic acids is 5. The van der Waals surface area contributed by atoms with E-state index >= 15 is 0 Å². The van der Waals surface area contributed by atoms with E-state index in [2.05, 4.69) is 38.9 Å². The minimum absolute atomic E-state index is 0.147. The van der Waals surface area contributed by atoms with E-state index in [1.807, 2.05) is 18.2 Å². The van der Waals surface area contributed by atoms with Crippen LogP contribution in [0.15, 0.2) is 83.3 Å². The number of nitrogens with zero attached hydrogens (tertiary/aromatic N) is 1. The number of hydrazine groups is 1. The second-order valence-corrected chi connectivity index (χ2v) is 11.5. The molecule has 3 aromatic carbocycles. The van der Waals surface area contributed by atoms with Gasteiger partial charge in [0.25, 0.3) is 11.8 Å². The second kappa shape index (κ2) is 10.9. The summed E-state index contributed by atoms with van der Waals surface area (Å²) in [7, 11) is 0. The van der Waals surface area contributed by atoms with E-state index in [0.717, 1.165) is 17.3 Å². The van der Waals surface area contributed by atoms with Gasteiger partial charge in [0.2, 0.25) is 11.8 Å². The summed E-state index contributed by atoms with van der Waals surface area (Å²) in [6.07, 6.45) is 1.81. The first-order valence-corrected chi connectivity index (χ1v) is 14.2. The molecule has 2 saturated carbocycles. The van der Waals surface area contributed by atoms with Crippen molar-refractivity contribution in [2.45, 2.75) is 18.8 Å². The molecule has 10 heteroatoms. The van der Waals surface area contributed by atoms with Crippen LogP contribution < -0.4 is 15.8 Å². The van der Waals surface area contributed by atoms with E-state index in [-0.39, 0.29) is 47.0 Å². The highest BCUT2D eigenvalue weighted by atomic mass is 79.9. The van der Waals surface area contributed by atoms with E-state index in [9.17, 15) is 24.0 Å². The fourth-order valence-corrected chi connectivity index (χ4v) is 6.86. The molecule has 2 bridgehead atoms. The molecule has 2 aliphatic carbocycles. The molecule has 0 unspecified atom stereocenters. The first-order valence-electron chi connectivity index (χ1n) is 13.4. The number of imide groups is 1. The number of halogens is 1. The zero-order valence-corrected chi connectivity index (χ0v) is 23.4. The Bertz CT molecular complexity index is 1530. The number of carbonyl (C=O) groups is 5. The standard InChI is InChI=1S/C31H26BrN3O6/c32-21-10-6-18(7-11-21)28(37)34-33-25(36)16-41-31(40)19-8-12-22(13-9-19)35-29(38)26-20-14-23(17-4-2-1-3-5-17)24(15-20)27(26)30(35)39/h1-13,20,23-24,26-27H,14-16H2,(H,33,36)(H,34,37)/t20-,23-,24+,26+,27+/m0/s1. The average Bonchev–Trinajstić information content (AvgIpc) is 3.66. The highest BCUT2D eigenvalue weighted by Gasteiger charge is 2.64. The summed E-state index contributed by atoms with van der Waals surface area (Å²) in [5.41, 5.74) is 6.58. The second-order valence-electron chi connectivity index (χ2n) is 10.6. The van der Waals surface area contributed by atoms with Crippen LogP contribution in [-0.2, 0) is 19.1 Å². The number of amides is 4. The molecule has 9 nitrogen and oxygen atoms in total. The number of hydrogen-bond acceptors (Lipinski definition) is 6. The van der Waals surface area contributed by atoms with Gasteiger partial charge in [0.05, 0.1) is 23.1 Å². The lowest BCUT2D eigenvalue weighted by Gasteiger charge is -2.28. The van der Waals surface area contributed by atoms with E-state index in [4.69, 9.17) is 4.74 Å². The first-order chi connectivity index (χ1) is 19.8. The fraction of sp³-hybridized carbons (Fsp3) is 0.258. The Kier molecular flexibility index (Phi) is 7.17. The zero-order valence-electron chi connectivity index (χ0n) is 21.8. The number of hydrogen-bond donors (Lipinski definition) is 2. The van der Waals surface area contributed by atoms with Crippen molar-refractivity contribution in [3.8, 4) is 0 Å². The minimum atomic E-state index is -0.759. The van der Waals surface area contributed by atoms with Crippen molar-refractivity contribution in [3.63, 3.8) is 0 Å². The monoisotopic (exact) mass is 615 g/mol. The number of ether oxygens (including phenoxy) is 1. The van der Waals surface area contributed by atoms with Crippen LogP contribution in [0.2, 0.25) is 0 Å². The molecule has 5 atom stereocenters. The predicted molar refractivity (Wildman–Crippen MR) is 151 cm³/mol. The van der Waals surface area contributed by atoms with Gasteiger partial charge in [0.1, 0.15) is 0 Å². The SMILES string of the molecule is O=C(COC(=O)c1ccc(N2C(=O)[C@@H]3[C@@H]4C[C@@H]([C@H]3C2=O)[C@H](c2ccccc2)C4)cc1)NNC(=O)c1ccc(Br)cc1. The average molecular weight is 616 g/mol. The molecule has 0 radical (unpaired) electrons. The number of anilines is 1. The molecule has 1 aliphatic heterocycles. The Morgan fingerprint density at radius 1 is 0.805 bits per heavy atom. The number of esters is 1. The van der Waals surface area contributed by atoms with Gasteiger partial charge in [-0.25, -0.2) is 4.79 Å². The molecule has 3 fully saturated rings. The van der Waals surface area contributed by atoms with Gasteiger partial charge in [-0.1, -0.05) is 46.3 Å². The van der Waals surface area contributed by atoms with Crippen LogP contribution in [0.5, 0.6) is 0 Å². The normalized spacial score (nSPS) is 24.2. The topological polar surface area (TPSA) is 122 Å². The van der Waals surface area contributed by atoms with Crippen molar-refractivity contribution < 1.29 is 28.7 Å². The van der Waals surface area contributed by atoms with E-state index in [1.165, 1.54) is 22.6 Å². The Morgan fingerprint density at radius 2 is 1.46 bits per heavy atom. The highest BCUT2D eigenvalue weighted by Crippen LogP contribution is 2.61. The fourth-order valence-electron chi connectivity index (χ4n) is 6.59. The largest absolute Gasteiger partial charge is 0.452 e. The van der Waals surface area contributed by atoms with Gasteiger partial charge in [0, 0.05) is 10.0 Å². The maximum absolute atomic E-state index is 13.5. The Hall–Kier alpha value is -4.31. The quantitative estimate of drug-likeness (QED) is 0.246. The van der Waals surface area contributed by atoms with Gasteiger partial charge in [-0.2, -0.15) is 0 Å². The van der Waals surface area contributed by atoms with Gasteiger partial charge >= 0.3 is 5.97 Å². The zero-order chi connectivity index (χ0) is 28.7. The van der Waals surface area contributed by atoms with Gasteiger partial charge < -0.3 is 4.74 Å². The lowest BCUT2D eigenvalue weighted by molar-refractivity contribution is -0.125. The molecular weight excluding hydrogens is 590 g/mol. The molecule has 208 valence electrons. The number of fused-ring (bicyclic) bond motifs is 5. The van der Waals surface area contributed by atoms with Crippen molar-refractivity contribution in [2.24, 2.45) is 23.7 Å². The van der Waals surface area contributed by atoms with Crippen LogP contribution in [0.3, 0.4) is 0 Å². The summed E-state index contributed by atoms with van der Waals surface area (Å²) >= 11 is 3.28. The third-order valence-electron chi connectivity index (χ3n) is 8.36. The van der Waals surface area contributed by atoms with E-state index in [1.54, 1.807) is 36.4 Å². The summed E-state index contributed by atoms with van der Waals surface area (Å²) in [6, 6.07) is 22.7. The minimum Gasteiger partial charge on any atom is -0.452 e. The predicted octanol–water partition coefficient (Wildman–Crippen LogP) is 4.00. The molecule has 2 N–H and O–H groups in total. The summed E-state index contributed by atoms with van der Waals surface area (Å²) in [4.78, 5) is 64.8. The van der Waals surface area contributed by atoms with Crippen molar-refractivity contribution in [1.29, 1.82) is 0 Å². The lowest BCUT2D eigenvalue weighted by atomic mass is 9.73. The molecule has 3 aliphatic rings. The Labute approximate surface area is 244 Å². The third-order valence-corrected chi connectivity index (χ3v) is 8.89. The maximum atomic E-state index is 13.5. The Balaban J connectivity index is 1.04. The maximum Gasteiger partial charge on any atom is 0.338 e. The molecule has 3 aromatic rings. The molecular formula is C31H26BrN3O6.